The molecule has 1 saturated heterocycles. The van der Waals surface area contributed by atoms with Gasteiger partial charge in [0.25, 0.3) is 0 Å². The molecule has 1 heterocycles. The number of rotatable bonds is 4. The maximum Gasteiger partial charge on any atom is 0.176 e. The highest BCUT2D eigenvalue weighted by Crippen LogP contribution is 2.45. The van der Waals surface area contributed by atoms with Gasteiger partial charge in [0, 0.05) is 0 Å². The van der Waals surface area contributed by atoms with Gasteiger partial charge in [-0.3, -0.25) is 0 Å². The SMILES string of the molecule is C(=C[C@H]1CC[C@H]([C@H]2CC[C@H](C3CCCCC3)CC2)CC1)C1OCCCO1. The zero-order valence-electron chi connectivity index (χ0n) is 16.7. The smallest absolute Gasteiger partial charge is 0.176 e. The minimum atomic E-state index is -0.0726. The van der Waals surface area contributed by atoms with Gasteiger partial charge in [-0.15, -0.1) is 0 Å². The molecule has 0 aromatic heterocycles. The second kappa shape index (κ2) is 9.73. The molecular weight excluding hydrogens is 320 g/mol. The van der Waals surface area contributed by atoms with E-state index in [0.717, 1.165) is 49.2 Å². The van der Waals surface area contributed by atoms with E-state index >= 15 is 0 Å². The molecule has 3 aliphatic carbocycles. The molecule has 3 saturated carbocycles. The normalized spacial score (nSPS) is 38.6. The molecule has 2 heteroatoms. The summed E-state index contributed by atoms with van der Waals surface area (Å²) in [5, 5.41) is 0. The van der Waals surface area contributed by atoms with Crippen LogP contribution in [0.1, 0.15) is 89.9 Å². The average Bonchev–Trinajstić information content (AvgIpc) is 2.74. The Morgan fingerprint density at radius 3 is 1.54 bits per heavy atom. The first kappa shape index (κ1) is 19.0. The fraction of sp³-hybridized carbons (Fsp3) is 0.917. The van der Waals surface area contributed by atoms with Crippen LogP contribution in [0.15, 0.2) is 12.2 Å². The second-order valence-corrected chi connectivity index (χ2v) is 9.60. The van der Waals surface area contributed by atoms with Gasteiger partial charge in [0.2, 0.25) is 0 Å². The van der Waals surface area contributed by atoms with E-state index in [4.69, 9.17) is 9.47 Å². The maximum absolute atomic E-state index is 5.64. The molecule has 4 aliphatic rings. The van der Waals surface area contributed by atoms with Gasteiger partial charge in [-0.1, -0.05) is 38.2 Å². The molecule has 0 spiro atoms. The maximum atomic E-state index is 5.64. The molecule has 0 radical (unpaired) electrons. The number of hydrogen-bond donors (Lipinski definition) is 0. The van der Waals surface area contributed by atoms with E-state index in [1.54, 1.807) is 25.7 Å². The molecule has 4 fully saturated rings. The zero-order chi connectivity index (χ0) is 17.6. The van der Waals surface area contributed by atoms with Gasteiger partial charge < -0.3 is 9.47 Å². The number of allylic oxidation sites excluding steroid dienone is 1. The Morgan fingerprint density at radius 1 is 0.462 bits per heavy atom. The quantitative estimate of drug-likeness (QED) is 0.533. The molecular formula is C24H40O2. The second-order valence-electron chi connectivity index (χ2n) is 9.60. The van der Waals surface area contributed by atoms with Gasteiger partial charge in [0.05, 0.1) is 13.2 Å². The largest absolute Gasteiger partial charge is 0.349 e. The van der Waals surface area contributed by atoms with Crippen molar-refractivity contribution in [2.45, 2.75) is 96.2 Å². The van der Waals surface area contributed by atoms with Crippen LogP contribution in [0.2, 0.25) is 0 Å². The van der Waals surface area contributed by atoms with Crippen LogP contribution in [0.5, 0.6) is 0 Å². The molecule has 0 aromatic carbocycles. The third kappa shape index (κ3) is 5.13. The molecule has 0 N–H and O–H groups in total. The summed E-state index contributed by atoms with van der Waals surface area (Å²) in [6.07, 6.45) is 25.0. The van der Waals surface area contributed by atoms with Crippen molar-refractivity contribution in [1.82, 2.24) is 0 Å². The molecule has 4 rings (SSSR count). The minimum Gasteiger partial charge on any atom is -0.349 e. The van der Waals surface area contributed by atoms with Crippen molar-refractivity contribution < 1.29 is 9.47 Å². The van der Waals surface area contributed by atoms with E-state index < -0.39 is 0 Å². The van der Waals surface area contributed by atoms with Crippen molar-refractivity contribution >= 4 is 0 Å². The first-order valence-corrected chi connectivity index (χ1v) is 11.8. The Balaban J connectivity index is 1.16. The molecule has 0 amide bonds. The van der Waals surface area contributed by atoms with Crippen molar-refractivity contribution in [2.75, 3.05) is 13.2 Å². The highest BCUT2D eigenvalue weighted by atomic mass is 16.7. The Labute approximate surface area is 161 Å². The lowest BCUT2D eigenvalue weighted by molar-refractivity contribution is -0.150. The molecule has 26 heavy (non-hydrogen) atoms. The van der Waals surface area contributed by atoms with E-state index in [9.17, 15) is 0 Å². The van der Waals surface area contributed by atoms with Crippen LogP contribution in [0, 0.1) is 29.6 Å². The summed E-state index contributed by atoms with van der Waals surface area (Å²) in [5.74, 6) is 5.01. The van der Waals surface area contributed by atoms with Crippen LogP contribution in [0.4, 0.5) is 0 Å². The highest BCUT2D eigenvalue weighted by Gasteiger charge is 2.33. The molecule has 0 aromatic rings. The lowest BCUT2D eigenvalue weighted by Crippen LogP contribution is -2.28. The van der Waals surface area contributed by atoms with Gasteiger partial charge in [-0.05, 0) is 93.5 Å². The van der Waals surface area contributed by atoms with Gasteiger partial charge in [-0.2, -0.15) is 0 Å². The predicted octanol–water partition coefficient (Wildman–Crippen LogP) is 6.50. The number of ether oxygens (including phenoxy) is 2. The van der Waals surface area contributed by atoms with Crippen LogP contribution in [0.3, 0.4) is 0 Å². The standard InChI is InChI=1S/C24H40O2/c1-2-5-20(6-3-1)22-12-14-23(15-13-22)21-10-7-19(8-11-21)9-16-24-25-17-4-18-26-24/h9,16,19-24H,1-8,10-15,17-18H2/t19-,21-,22-,23-. The van der Waals surface area contributed by atoms with Crippen LogP contribution >= 0.6 is 0 Å². The van der Waals surface area contributed by atoms with Crippen LogP contribution < -0.4 is 0 Å². The summed E-state index contributed by atoms with van der Waals surface area (Å²) in [5.41, 5.74) is 0. The summed E-state index contributed by atoms with van der Waals surface area (Å²) in [7, 11) is 0. The Kier molecular flexibility index (Phi) is 7.11. The molecule has 0 atom stereocenters. The summed E-state index contributed by atoms with van der Waals surface area (Å²) >= 11 is 0. The average molecular weight is 361 g/mol. The Hall–Kier alpha value is -0.340. The van der Waals surface area contributed by atoms with E-state index in [1.165, 1.54) is 57.8 Å². The van der Waals surface area contributed by atoms with Gasteiger partial charge in [0.1, 0.15) is 0 Å². The Morgan fingerprint density at radius 2 is 0.962 bits per heavy atom. The molecule has 148 valence electrons. The van der Waals surface area contributed by atoms with Crippen LogP contribution in [-0.4, -0.2) is 19.5 Å². The predicted molar refractivity (Wildman–Crippen MR) is 107 cm³/mol. The number of hydrogen-bond acceptors (Lipinski definition) is 2. The summed E-state index contributed by atoms with van der Waals surface area (Å²) in [4.78, 5) is 0. The highest BCUT2D eigenvalue weighted by molar-refractivity contribution is 4.95. The minimum absolute atomic E-state index is 0.0726. The van der Waals surface area contributed by atoms with Gasteiger partial charge >= 0.3 is 0 Å². The van der Waals surface area contributed by atoms with Crippen LogP contribution in [0.25, 0.3) is 0 Å². The van der Waals surface area contributed by atoms with E-state index in [-0.39, 0.29) is 6.29 Å². The van der Waals surface area contributed by atoms with Crippen molar-refractivity contribution in [3.63, 3.8) is 0 Å². The van der Waals surface area contributed by atoms with Crippen molar-refractivity contribution in [1.29, 1.82) is 0 Å². The first-order chi connectivity index (χ1) is 12.9. The molecule has 2 nitrogen and oxygen atoms in total. The first-order valence-electron chi connectivity index (χ1n) is 11.8. The fourth-order valence-electron chi connectivity index (χ4n) is 6.37. The molecule has 0 unspecified atom stereocenters. The van der Waals surface area contributed by atoms with E-state index in [0.29, 0.717) is 0 Å². The third-order valence-corrected chi connectivity index (χ3v) is 8.01. The summed E-state index contributed by atoms with van der Waals surface area (Å²) in [6, 6.07) is 0. The Bertz CT molecular complexity index is 417. The van der Waals surface area contributed by atoms with Crippen molar-refractivity contribution in [3.8, 4) is 0 Å². The summed E-state index contributed by atoms with van der Waals surface area (Å²) < 4.78 is 11.3. The summed E-state index contributed by atoms with van der Waals surface area (Å²) in [6.45, 7) is 1.70. The monoisotopic (exact) mass is 360 g/mol. The fourth-order valence-corrected chi connectivity index (χ4v) is 6.37. The lowest BCUT2D eigenvalue weighted by atomic mass is 9.66. The molecule has 0 bridgehead atoms. The van der Waals surface area contributed by atoms with Gasteiger partial charge in [0.15, 0.2) is 6.29 Å². The van der Waals surface area contributed by atoms with E-state index in [1.807, 2.05) is 0 Å². The van der Waals surface area contributed by atoms with Crippen molar-refractivity contribution in [3.05, 3.63) is 12.2 Å². The molecule has 1 aliphatic heterocycles. The van der Waals surface area contributed by atoms with E-state index in [2.05, 4.69) is 12.2 Å². The van der Waals surface area contributed by atoms with Crippen LogP contribution in [-0.2, 0) is 9.47 Å². The van der Waals surface area contributed by atoms with Gasteiger partial charge in [-0.25, -0.2) is 0 Å². The zero-order valence-corrected chi connectivity index (χ0v) is 16.7. The topological polar surface area (TPSA) is 18.5 Å². The lowest BCUT2D eigenvalue weighted by Gasteiger charge is -2.40. The van der Waals surface area contributed by atoms with Crippen molar-refractivity contribution in [2.24, 2.45) is 29.6 Å². The third-order valence-electron chi connectivity index (χ3n) is 8.01.